The summed E-state index contributed by atoms with van der Waals surface area (Å²) in [7, 11) is 0. The molecule has 2 nitrogen and oxygen atoms in total. The van der Waals surface area contributed by atoms with Crippen LogP contribution in [0.3, 0.4) is 0 Å². The SMILES string of the molecule is CCc1cc(O)c(CC)c(CC)c1O.Cc1ccccc1. The average molecular weight is 286 g/mol. The van der Waals surface area contributed by atoms with Crippen LogP contribution in [0.1, 0.15) is 43.0 Å². The first kappa shape index (κ1) is 17.1. The summed E-state index contributed by atoms with van der Waals surface area (Å²) < 4.78 is 0. The van der Waals surface area contributed by atoms with Gasteiger partial charge in [0.1, 0.15) is 11.5 Å². The highest BCUT2D eigenvalue weighted by Crippen LogP contribution is 2.34. The highest BCUT2D eigenvalue weighted by Gasteiger charge is 2.13. The van der Waals surface area contributed by atoms with Gasteiger partial charge in [-0.25, -0.2) is 0 Å². The van der Waals surface area contributed by atoms with E-state index < -0.39 is 0 Å². The normalized spacial score (nSPS) is 9.90. The summed E-state index contributed by atoms with van der Waals surface area (Å²) in [5, 5.41) is 19.7. The van der Waals surface area contributed by atoms with Crippen molar-refractivity contribution in [1.29, 1.82) is 0 Å². The van der Waals surface area contributed by atoms with Crippen LogP contribution in [0.5, 0.6) is 11.5 Å². The van der Waals surface area contributed by atoms with Crippen molar-refractivity contribution in [2.24, 2.45) is 0 Å². The minimum absolute atomic E-state index is 0.319. The lowest BCUT2D eigenvalue weighted by Gasteiger charge is -2.13. The van der Waals surface area contributed by atoms with Crippen molar-refractivity contribution in [2.75, 3.05) is 0 Å². The van der Waals surface area contributed by atoms with Crippen LogP contribution in [-0.4, -0.2) is 10.2 Å². The molecule has 0 saturated carbocycles. The van der Waals surface area contributed by atoms with Gasteiger partial charge >= 0.3 is 0 Å². The number of phenols is 2. The Morgan fingerprint density at radius 1 is 0.810 bits per heavy atom. The molecule has 0 heterocycles. The van der Waals surface area contributed by atoms with Crippen LogP contribution >= 0.6 is 0 Å². The monoisotopic (exact) mass is 286 g/mol. The zero-order valence-electron chi connectivity index (χ0n) is 13.5. The van der Waals surface area contributed by atoms with Gasteiger partial charge in [-0.2, -0.15) is 0 Å². The maximum atomic E-state index is 9.91. The van der Waals surface area contributed by atoms with E-state index in [4.69, 9.17) is 0 Å². The number of aromatic hydroxyl groups is 2. The Morgan fingerprint density at radius 2 is 1.38 bits per heavy atom. The molecule has 0 saturated heterocycles. The lowest BCUT2D eigenvalue weighted by molar-refractivity contribution is 0.443. The topological polar surface area (TPSA) is 40.5 Å². The van der Waals surface area contributed by atoms with Gasteiger partial charge in [0.2, 0.25) is 0 Å². The molecule has 2 N–H and O–H groups in total. The van der Waals surface area contributed by atoms with Crippen molar-refractivity contribution in [3.63, 3.8) is 0 Å². The summed E-state index contributed by atoms with van der Waals surface area (Å²) in [5.41, 5.74) is 3.92. The molecule has 2 aromatic rings. The van der Waals surface area contributed by atoms with Crippen LogP contribution in [-0.2, 0) is 19.3 Å². The second kappa shape index (κ2) is 8.35. The predicted octanol–water partition coefficient (Wildman–Crippen LogP) is 4.78. The fourth-order valence-electron chi connectivity index (χ4n) is 2.39. The van der Waals surface area contributed by atoms with Crippen LogP contribution in [0.15, 0.2) is 36.4 Å². The van der Waals surface area contributed by atoms with Gasteiger partial charge in [0.05, 0.1) is 0 Å². The summed E-state index contributed by atoms with van der Waals surface area (Å²) in [5.74, 6) is 0.684. The van der Waals surface area contributed by atoms with E-state index in [1.807, 2.05) is 39.0 Å². The molecule has 2 heteroatoms. The Kier molecular flexibility index (Phi) is 6.80. The number of rotatable bonds is 3. The molecule has 0 aliphatic rings. The van der Waals surface area contributed by atoms with Gasteiger partial charge in [-0.05, 0) is 37.8 Å². The minimum atomic E-state index is 0.319. The minimum Gasteiger partial charge on any atom is -0.508 e. The Morgan fingerprint density at radius 3 is 1.76 bits per heavy atom. The highest BCUT2D eigenvalue weighted by molar-refractivity contribution is 5.52. The average Bonchev–Trinajstić information content (AvgIpc) is 2.50. The van der Waals surface area contributed by atoms with E-state index >= 15 is 0 Å². The van der Waals surface area contributed by atoms with Gasteiger partial charge < -0.3 is 10.2 Å². The molecule has 2 aromatic carbocycles. The summed E-state index contributed by atoms with van der Waals surface area (Å²) in [4.78, 5) is 0. The van der Waals surface area contributed by atoms with Gasteiger partial charge in [0.15, 0.2) is 0 Å². The molecule has 114 valence electrons. The summed E-state index contributed by atoms with van der Waals surface area (Å²) in [6.45, 7) is 8.03. The molecule has 0 aliphatic carbocycles. The third-order valence-electron chi connectivity index (χ3n) is 3.60. The Balaban J connectivity index is 0.000000262. The van der Waals surface area contributed by atoms with E-state index in [0.717, 1.165) is 36.0 Å². The van der Waals surface area contributed by atoms with Crippen molar-refractivity contribution >= 4 is 0 Å². The molecule has 0 aliphatic heterocycles. The third-order valence-corrected chi connectivity index (χ3v) is 3.60. The molecular weight excluding hydrogens is 260 g/mol. The molecule has 0 fully saturated rings. The molecule has 0 amide bonds. The van der Waals surface area contributed by atoms with E-state index in [9.17, 15) is 10.2 Å². The van der Waals surface area contributed by atoms with Crippen molar-refractivity contribution in [3.8, 4) is 11.5 Å². The lowest BCUT2D eigenvalue weighted by atomic mass is 9.96. The molecule has 21 heavy (non-hydrogen) atoms. The second-order valence-electron chi connectivity index (χ2n) is 5.08. The lowest BCUT2D eigenvalue weighted by Crippen LogP contribution is -1.96. The first-order valence-corrected chi connectivity index (χ1v) is 7.62. The first-order valence-electron chi connectivity index (χ1n) is 7.62. The maximum Gasteiger partial charge on any atom is 0.122 e. The highest BCUT2D eigenvalue weighted by atomic mass is 16.3. The Hall–Kier alpha value is -1.96. The maximum absolute atomic E-state index is 9.91. The van der Waals surface area contributed by atoms with E-state index in [1.165, 1.54) is 5.56 Å². The largest absolute Gasteiger partial charge is 0.508 e. The fourth-order valence-corrected chi connectivity index (χ4v) is 2.39. The molecule has 0 atom stereocenters. The standard InChI is InChI=1S/C12H18O2.C7H8/c1-4-8-7-11(13)9(5-2)10(6-3)12(8)14;1-7-5-3-2-4-6-7/h7,13-14H,4-6H2,1-3H3;2-6H,1H3. The number of benzene rings is 2. The van der Waals surface area contributed by atoms with Crippen LogP contribution in [0, 0.1) is 6.92 Å². The molecule has 0 radical (unpaired) electrons. The summed E-state index contributed by atoms with van der Waals surface area (Å²) in [6.07, 6.45) is 2.26. The van der Waals surface area contributed by atoms with Gasteiger partial charge in [-0.15, -0.1) is 0 Å². The van der Waals surface area contributed by atoms with E-state index in [2.05, 4.69) is 19.1 Å². The van der Waals surface area contributed by atoms with Gasteiger partial charge in [-0.1, -0.05) is 56.7 Å². The fraction of sp³-hybridized carbons (Fsp3) is 0.368. The number of aryl methyl sites for hydroxylation is 2. The molecule has 0 aromatic heterocycles. The van der Waals surface area contributed by atoms with Crippen molar-refractivity contribution in [3.05, 3.63) is 58.7 Å². The van der Waals surface area contributed by atoms with Gasteiger partial charge in [-0.3, -0.25) is 0 Å². The van der Waals surface area contributed by atoms with Gasteiger partial charge in [0, 0.05) is 11.1 Å². The number of hydrogen-bond donors (Lipinski definition) is 2. The quantitative estimate of drug-likeness (QED) is 0.797. The number of phenolic OH excluding ortho intramolecular Hbond substituents is 2. The van der Waals surface area contributed by atoms with Crippen LogP contribution in [0.4, 0.5) is 0 Å². The van der Waals surface area contributed by atoms with Crippen molar-refractivity contribution in [1.82, 2.24) is 0 Å². The van der Waals surface area contributed by atoms with Crippen LogP contribution in [0.25, 0.3) is 0 Å². The third kappa shape index (κ3) is 4.52. The predicted molar refractivity (Wildman–Crippen MR) is 89.1 cm³/mol. The van der Waals surface area contributed by atoms with E-state index in [0.29, 0.717) is 11.5 Å². The summed E-state index contributed by atoms with van der Waals surface area (Å²) in [6, 6.07) is 11.9. The van der Waals surface area contributed by atoms with Crippen LogP contribution < -0.4 is 0 Å². The number of hydrogen-bond acceptors (Lipinski definition) is 2. The van der Waals surface area contributed by atoms with Gasteiger partial charge in [0.25, 0.3) is 0 Å². The zero-order valence-corrected chi connectivity index (χ0v) is 13.5. The molecule has 0 bridgehead atoms. The molecule has 2 rings (SSSR count). The summed E-state index contributed by atoms with van der Waals surface area (Å²) >= 11 is 0. The molecule has 0 unspecified atom stereocenters. The Labute approximate surface area is 128 Å². The molecule has 0 spiro atoms. The van der Waals surface area contributed by atoms with E-state index in [-0.39, 0.29) is 0 Å². The molecular formula is C19H26O2. The van der Waals surface area contributed by atoms with Crippen molar-refractivity contribution < 1.29 is 10.2 Å². The zero-order chi connectivity index (χ0) is 15.8. The van der Waals surface area contributed by atoms with E-state index in [1.54, 1.807) is 6.07 Å². The van der Waals surface area contributed by atoms with Crippen molar-refractivity contribution in [2.45, 2.75) is 47.0 Å². The van der Waals surface area contributed by atoms with Crippen LogP contribution in [0.2, 0.25) is 0 Å². The Bertz CT molecular complexity index is 560. The smallest absolute Gasteiger partial charge is 0.122 e. The second-order valence-corrected chi connectivity index (χ2v) is 5.08. The first-order chi connectivity index (χ1) is 10.0.